The van der Waals surface area contributed by atoms with Crippen LogP contribution < -0.4 is 4.74 Å². The van der Waals surface area contributed by atoms with E-state index in [1.165, 1.54) is 23.5 Å². The van der Waals surface area contributed by atoms with Gasteiger partial charge in [0, 0.05) is 37.7 Å². The first-order chi connectivity index (χ1) is 13.2. The van der Waals surface area contributed by atoms with Gasteiger partial charge in [-0.05, 0) is 25.0 Å². The smallest absolute Gasteiger partial charge is 0.312 e. The molecule has 1 aliphatic heterocycles. The molecule has 3 rings (SSSR count). The Bertz CT molecular complexity index is 871. The van der Waals surface area contributed by atoms with E-state index < -0.39 is 20.6 Å². The number of nitro groups is 1. The topological polar surface area (TPSA) is 110 Å². The number of carbonyl (C=O) groups excluding carboxylic acids is 1. The summed E-state index contributed by atoms with van der Waals surface area (Å²) in [5.41, 5.74) is -0.732. The van der Waals surface area contributed by atoms with Gasteiger partial charge in [-0.3, -0.25) is 14.9 Å². The van der Waals surface area contributed by atoms with Crippen LogP contribution in [0.3, 0.4) is 0 Å². The molecule has 9 nitrogen and oxygen atoms in total. The molecule has 1 aromatic rings. The zero-order chi connectivity index (χ0) is 20.5. The van der Waals surface area contributed by atoms with E-state index in [2.05, 4.69) is 0 Å². The van der Waals surface area contributed by atoms with Crippen molar-refractivity contribution in [1.82, 2.24) is 9.21 Å². The van der Waals surface area contributed by atoms with Gasteiger partial charge >= 0.3 is 5.69 Å². The van der Waals surface area contributed by atoms with Crippen LogP contribution in [-0.4, -0.2) is 61.7 Å². The largest absolute Gasteiger partial charge is 0.490 e. The summed E-state index contributed by atoms with van der Waals surface area (Å²) >= 11 is 0. The third-order valence-electron chi connectivity index (χ3n) is 5.73. The maximum absolute atomic E-state index is 12.9. The van der Waals surface area contributed by atoms with Crippen LogP contribution in [0.25, 0.3) is 0 Å². The van der Waals surface area contributed by atoms with E-state index >= 15 is 0 Å². The van der Waals surface area contributed by atoms with Gasteiger partial charge in [-0.1, -0.05) is 19.8 Å². The molecule has 2 aliphatic rings. The van der Waals surface area contributed by atoms with E-state index in [9.17, 15) is 23.3 Å². The normalized spacial score (nSPS) is 20.1. The lowest BCUT2D eigenvalue weighted by molar-refractivity contribution is -0.386. The number of nitro benzene ring substituents is 1. The minimum atomic E-state index is -3.89. The van der Waals surface area contributed by atoms with Gasteiger partial charge in [-0.2, -0.15) is 4.31 Å². The van der Waals surface area contributed by atoms with Crippen LogP contribution in [0, 0.1) is 15.5 Å². The lowest BCUT2D eigenvalue weighted by Crippen LogP contribution is -2.53. The van der Waals surface area contributed by atoms with Crippen LogP contribution in [0.2, 0.25) is 0 Å². The summed E-state index contributed by atoms with van der Waals surface area (Å²) in [6.45, 7) is 2.98. The molecule has 2 fully saturated rings. The Labute approximate surface area is 164 Å². The Morgan fingerprint density at radius 1 is 1.18 bits per heavy atom. The molecule has 154 valence electrons. The Morgan fingerprint density at radius 3 is 2.32 bits per heavy atom. The average molecular weight is 411 g/mol. The predicted octanol–water partition coefficient (Wildman–Crippen LogP) is 2.02. The number of ether oxygens (including phenoxy) is 1. The molecule has 0 atom stereocenters. The molecular formula is C18H25N3O6S. The average Bonchev–Trinajstić information content (AvgIpc) is 3.14. The molecule has 10 heteroatoms. The van der Waals surface area contributed by atoms with Gasteiger partial charge in [0.2, 0.25) is 15.9 Å². The molecule has 1 saturated carbocycles. The second-order valence-corrected chi connectivity index (χ2v) is 9.49. The summed E-state index contributed by atoms with van der Waals surface area (Å²) < 4.78 is 32.0. The Kier molecular flexibility index (Phi) is 5.62. The second kappa shape index (κ2) is 7.67. The highest BCUT2D eigenvalue weighted by Gasteiger charge is 2.41. The minimum Gasteiger partial charge on any atom is -0.490 e. The van der Waals surface area contributed by atoms with E-state index in [4.69, 9.17) is 4.74 Å². The Hall–Kier alpha value is -2.20. The van der Waals surface area contributed by atoms with Crippen LogP contribution in [-0.2, 0) is 14.8 Å². The van der Waals surface area contributed by atoms with E-state index in [-0.39, 0.29) is 35.1 Å². The quantitative estimate of drug-likeness (QED) is 0.541. The van der Waals surface area contributed by atoms with Gasteiger partial charge in [-0.15, -0.1) is 0 Å². The van der Waals surface area contributed by atoms with Crippen molar-refractivity contribution in [1.29, 1.82) is 0 Å². The number of rotatable bonds is 5. The minimum absolute atomic E-state index is 0.00386. The van der Waals surface area contributed by atoms with Gasteiger partial charge in [0.1, 0.15) is 0 Å². The second-order valence-electron chi connectivity index (χ2n) is 7.55. The monoisotopic (exact) mass is 411 g/mol. The van der Waals surface area contributed by atoms with Crippen LogP contribution >= 0.6 is 0 Å². The Balaban J connectivity index is 1.74. The maximum Gasteiger partial charge on any atom is 0.312 e. The number of methoxy groups -OCH3 is 1. The molecule has 1 amide bonds. The zero-order valence-electron chi connectivity index (χ0n) is 16.1. The number of carbonyl (C=O) groups is 1. The molecule has 1 aliphatic carbocycles. The van der Waals surface area contributed by atoms with Gasteiger partial charge in [-0.25, -0.2) is 8.42 Å². The van der Waals surface area contributed by atoms with Gasteiger partial charge in [0.15, 0.2) is 5.75 Å². The number of piperazine rings is 1. The first kappa shape index (κ1) is 20.5. The molecule has 1 aromatic carbocycles. The maximum atomic E-state index is 12.9. The van der Waals surface area contributed by atoms with E-state index in [1.54, 1.807) is 4.90 Å². The van der Waals surface area contributed by atoms with Crippen molar-refractivity contribution < 1.29 is 22.9 Å². The number of benzene rings is 1. The fraction of sp³-hybridized carbons (Fsp3) is 0.611. The van der Waals surface area contributed by atoms with E-state index in [0.29, 0.717) is 13.1 Å². The van der Waals surface area contributed by atoms with Crippen molar-refractivity contribution in [2.45, 2.75) is 37.5 Å². The zero-order valence-corrected chi connectivity index (χ0v) is 16.9. The van der Waals surface area contributed by atoms with Crippen molar-refractivity contribution in [2.24, 2.45) is 5.41 Å². The highest BCUT2D eigenvalue weighted by atomic mass is 32.2. The van der Waals surface area contributed by atoms with Crippen LogP contribution in [0.5, 0.6) is 5.75 Å². The van der Waals surface area contributed by atoms with Crippen molar-refractivity contribution in [3.05, 3.63) is 28.3 Å². The molecule has 0 N–H and O–H groups in total. The lowest BCUT2D eigenvalue weighted by Gasteiger charge is -2.38. The molecule has 0 spiro atoms. The standard InChI is InChI=1S/C18H25N3O6S/c1-18(7-3-4-8-18)17(22)19-9-11-20(12-10-19)28(25,26)14-5-6-16(27-2)15(13-14)21(23)24/h5-6,13H,3-4,7-12H2,1-2H3. The number of hydrogen-bond acceptors (Lipinski definition) is 6. The molecule has 1 heterocycles. The summed E-state index contributed by atoms with van der Waals surface area (Å²) in [5.74, 6) is 0.103. The molecule has 1 saturated heterocycles. The third kappa shape index (κ3) is 3.70. The summed E-state index contributed by atoms with van der Waals surface area (Å²) in [4.78, 5) is 24.9. The third-order valence-corrected chi connectivity index (χ3v) is 7.63. The summed E-state index contributed by atoms with van der Waals surface area (Å²) in [7, 11) is -2.60. The first-order valence-electron chi connectivity index (χ1n) is 9.31. The van der Waals surface area contributed by atoms with Gasteiger partial charge in [0.05, 0.1) is 16.9 Å². The van der Waals surface area contributed by atoms with Crippen molar-refractivity contribution in [3.8, 4) is 5.75 Å². The van der Waals surface area contributed by atoms with Crippen molar-refractivity contribution in [2.75, 3.05) is 33.3 Å². The van der Waals surface area contributed by atoms with Crippen LogP contribution in [0.1, 0.15) is 32.6 Å². The molecule has 28 heavy (non-hydrogen) atoms. The van der Waals surface area contributed by atoms with Crippen LogP contribution in [0.4, 0.5) is 5.69 Å². The first-order valence-corrected chi connectivity index (χ1v) is 10.7. The summed E-state index contributed by atoms with van der Waals surface area (Å²) in [6, 6.07) is 3.61. The fourth-order valence-electron chi connectivity index (χ4n) is 4.00. The van der Waals surface area contributed by atoms with Gasteiger partial charge in [0.25, 0.3) is 0 Å². The molecule has 0 aromatic heterocycles. The molecular weight excluding hydrogens is 386 g/mol. The van der Waals surface area contributed by atoms with Gasteiger partial charge < -0.3 is 9.64 Å². The van der Waals surface area contributed by atoms with Crippen LogP contribution in [0.15, 0.2) is 23.1 Å². The number of amides is 1. The molecule has 0 radical (unpaired) electrons. The van der Waals surface area contributed by atoms with Crippen molar-refractivity contribution >= 4 is 21.6 Å². The predicted molar refractivity (Wildman–Crippen MR) is 102 cm³/mol. The van der Waals surface area contributed by atoms with Crippen molar-refractivity contribution in [3.63, 3.8) is 0 Å². The summed E-state index contributed by atoms with van der Waals surface area (Å²) in [6.07, 6.45) is 3.85. The Morgan fingerprint density at radius 2 is 1.79 bits per heavy atom. The number of hydrogen-bond donors (Lipinski definition) is 0. The fourth-order valence-corrected chi connectivity index (χ4v) is 5.45. The van der Waals surface area contributed by atoms with E-state index in [0.717, 1.165) is 31.7 Å². The highest BCUT2D eigenvalue weighted by Crippen LogP contribution is 2.39. The highest BCUT2D eigenvalue weighted by molar-refractivity contribution is 7.89. The lowest BCUT2D eigenvalue weighted by atomic mass is 9.87. The number of sulfonamides is 1. The molecule has 0 bridgehead atoms. The van der Waals surface area contributed by atoms with E-state index in [1.807, 2.05) is 6.92 Å². The summed E-state index contributed by atoms with van der Waals surface area (Å²) in [5, 5.41) is 11.2. The number of nitrogens with zero attached hydrogens (tertiary/aromatic N) is 3. The SMILES string of the molecule is COc1ccc(S(=O)(=O)N2CCN(C(=O)C3(C)CCCC3)CC2)cc1[N+](=O)[O-]. The molecule has 0 unspecified atom stereocenters.